The Morgan fingerprint density at radius 2 is 2.17 bits per heavy atom. The fourth-order valence-electron chi connectivity index (χ4n) is 2.98. The maximum atomic E-state index is 12.0. The normalized spacial score (nSPS) is 26.4. The van der Waals surface area contributed by atoms with Gasteiger partial charge in [0.05, 0.1) is 0 Å². The van der Waals surface area contributed by atoms with Crippen molar-refractivity contribution in [1.29, 1.82) is 0 Å². The van der Waals surface area contributed by atoms with Crippen LogP contribution in [-0.4, -0.2) is 54.5 Å². The molecule has 18 heavy (non-hydrogen) atoms. The SMILES string of the molecule is CCN1CCC(N2CC(CN=[N+]=[N-])CC2=O)CC1. The summed E-state index contributed by atoms with van der Waals surface area (Å²) in [5.41, 5.74) is 8.32. The van der Waals surface area contributed by atoms with Gasteiger partial charge in [-0.2, -0.15) is 0 Å². The van der Waals surface area contributed by atoms with Crippen molar-refractivity contribution in [2.75, 3.05) is 32.7 Å². The predicted octanol–water partition coefficient (Wildman–Crippen LogP) is 1.63. The van der Waals surface area contributed by atoms with Crippen LogP contribution in [0.5, 0.6) is 0 Å². The molecule has 2 fully saturated rings. The molecule has 6 nitrogen and oxygen atoms in total. The van der Waals surface area contributed by atoms with Gasteiger partial charge in [-0.1, -0.05) is 12.0 Å². The molecular formula is C12H21N5O. The zero-order chi connectivity index (χ0) is 13.0. The third kappa shape index (κ3) is 2.94. The monoisotopic (exact) mass is 251 g/mol. The summed E-state index contributed by atoms with van der Waals surface area (Å²) >= 11 is 0. The number of carbonyl (C=O) groups is 1. The predicted molar refractivity (Wildman–Crippen MR) is 69.0 cm³/mol. The van der Waals surface area contributed by atoms with Crippen LogP contribution in [0.1, 0.15) is 26.2 Å². The molecule has 0 spiro atoms. The van der Waals surface area contributed by atoms with Crippen molar-refractivity contribution in [2.45, 2.75) is 32.2 Å². The number of piperidine rings is 1. The molecule has 6 heteroatoms. The van der Waals surface area contributed by atoms with Crippen LogP contribution in [0.25, 0.3) is 10.4 Å². The van der Waals surface area contributed by atoms with Crippen LogP contribution in [0.15, 0.2) is 5.11 Å². The lowest BCUT2D eigenvalue weighted by atomic mass is 10.0. The van der Waals surface area contributed by atoms with Gasteiger partial charge in [-0.25, -0.2) is 0 Å². The molecule has 0 bridgehead atoms. The second-order valence-corrected chi connectivity index (χ2v) is 5.20. The average Bonchev–Trinajstić information content (AvgIpc) is 2.78. The van der Waals surface area contributed by atoms with E-state index in [1.54, 1.807) is 0 Å². The lowest BCUT2D eigenvalue weighted by Crippen LogP contribution is -2.45. The Hall–Kier alpha value is -1.26. The lowest BCUT2D eigenvalue weighted by Gasteiger charge is -2.36. The van der Waals surface area contributed by atoms with Crippen molar-refractivity contribution in [3.8, 4) is 0 Å². The molecule has 0 N–H and O–H groups in total. The highest BCUT2D eigenvalue weighted by atomic mass is 16.2. The van der Waals surface area contributed by atoms with E-state index in [1.807, 2.05) is 4.90 Å². The van der Waals surface area contributed by atoms with E-state index in [0.29, 0.717) is 19.0 Å². The van der Waals surface area contributed by atoms with Crippen LogP contribution >= 0.6 is 0 Å². The molecule has 2 aliphatic rings. The van der Waals surface area contributed by atoms with Crippen molar-refractivity contribution in [1.82, 2.24) is 9.80 Å². The standard InChI is InChI=1S/C12H21N5O/c1-2-16-5-3-11(4-6-16)17-9-10(7-12(17)18)8-14-15-13/h10-11H,2-9H2,1H3. The van der Waals surface area contributed by atoms with E-state index in [9.17, 15) is 4.79 Å². The van der Waals surface area contributed by atoms with Crippen molar-refractivity contribution in [3.63, 3.8) is 0 Å². The average molecular weight is 251 g/mol. The number of rotatable bonds is 4. The molecule has 1 amide bonds. The summed E-state index contributed by atoms with van der Waals surface area (Å²) in [4.78, 5) is 19.2. The number of azide groups is 1. The van der Waals surface area contributed by atoms with Crippen molar-refractivity contribution < 1.29 is 4.79 Å². The molecule has 0 radical (unpaired) electrons. The largest absolute Gasteiger partial charge is 0.339 e. The Bertz CT molecular complexity index is 344. The third-order valence-electron chi connectivity index (χ3n) is 4.09. The van der Waals surface area contributed by atoms with Gasteiger partial charge in [-0.05, 0) is 30.8 Å². The van der Waals surface area contributed by atoms with E-state index in [1.165, 1.54) is 0 Å². The number of nitrogens with zero attached hydrogens (tertiary/aromatic N) is 5. The van der Waals surface area contributed by atoms with Gasteiger partial charge < -0.3 is 9.80 Å². The molecule has 1 unspecified atom stereocenters. The van der Waals surface area contributed by atoms with E-state index >= 15 is 0 Å². The molecule has 0 saturated carbocycles. The molecule has 1 atom stereocenters. The van der Waals surface area contributed by atoms with Crippen LogP contribution in [-0.2, 0) is 4.79 Å². The van der Waals surface area contributed by atoms with Crippen molar-refractivity contribution in [3.05, 3.63) is 10.4 Å². The quantitative estimate of drug-likeness (QED) is 0.433. The molecule has 0 aromatic rings. The van der Waals surface area contributed by atoms with Gasteiger partial charge in [0.1, 0.15) is 0 Å². The van der Waals surface area contributed by atoms with E-state index in [2.05, 4.69) is 21.8 Å². The van der Waals surface area contributed by atoms with Crippen LogP contribution < -0.4 is 0 Å². The number of amides is 1. The Morgan fingerprint density at radius 1 is 1.44 bits per heavy atom. The van der Waals surface area contributed by atoms with Gasteiger partial charge in [-0.15, -0.1) is 0 Å². The molecule has 0 aromatic carbocycles. The number of carbonyl (C=O) groups excluding carboxylic acids is 1. The Balaban J connectivity index is 1.86. The first-order chi connectivity index (χ1) is 8.74. The molecule has 100 valence electrons. The lowest BCUT2D eigenvalue weighted by molar-refractivity contribution is -0.130. The zero-order valence-corrected chi connectivity index (χ0v) is 11.0. The smallest absolute Gasteiger partial charge is 0.223 e. The summed E-state index contributed by atoms with van der Waals surface area (Å²) in [7, 11) is 0. The van der Waals surface area contributed by atoms with Gasteiger partial charge in [0.15, 0.2) is 0 Å². The highest BCUT2D eigenvalue weighted by molar-refractivity contribution is 5.79. The van der Waals surface area contributed by atoms with Crippen LogP contribution in [0.2, 0.25) is 0 Å². The highest BCUT2D eigenvalue weighted by Crippen LogP contribution is 2.25. The first-order valence-electron chi connectivity index (χ1n) is 6.77. The fourth-order valence-corrected chi connectivity index (χ4v) is 2.98. The summed E-state index contributed by atoms with van der Waals surface area (Å²) in [6, 6.07) is 0.399. The van der Waals surface area contributed by atoms with Crippen LogP contribution in [0.3, 0.4) is 0 Å². The first-order valence-corrected chi connectivity index (χ1v) is 6.77. The van der Waals surface area contributed by atoms with Gasteiger partial charge >= 0.3 is 0 Å². The topological polar surface area (TPSA) is 72.3 Å². The third-order valence-corrected chi connectivity index (χ3v) is 4.09. The van der Waals surface area contributed by atoms with Crippen LogP contribution in [0.4, 0.5) is 0 Å². The minimum atomic E-state index is 0.220. The summed E-state index contributed by atoms with van der Waals surface area (Å²) < 4.78 is 0. The van der Waals surface area contributed by atoms with Crippen molar-refractivity contribution in [2.24, 2.45) is 11.0 Å². The van der Waals surface area contributed by atoms with E-state index in [4.69, 9.17) is 5.53 Å². The fraction of sp³-hybridized carbons (Fsp3) is 0.917. The van der Waals surface area contributed by atoms with E-state index in [0.717, 1.165) is 39.0 Å². The molecule has 2 saturated heterocycles. The van der Waals surface area contributed by atoms with Gasteiger partial charge in [0.2, 0.25) is 5.91 Å². The Labute approximate surface area is 108 Å². The molecule has 0 aromatic heterocycles. The van der Waals surface area contributed by atoms with E-state index in [-0.39, 0.29) is 11.8 Å². The second-order valence-electron chi connectivity index (χ2n) is 5.20. The zero-order valence-electron chi connectivity index (χ0n) is 11.0. The maximum Gasteiger partial charge on any atom is 0.223 e. The Morgan fingerprint density at radius 3 is 2.78 bits per heavy atom. The van der Waals surface area contributed by atoms with Crippen LogP contribution in [0, 0.1) is 5.92 Å². The molecule has 2 heterocycles. The van der Waals surface area contributed by atoms with Gasteiger partial charge in [0.25, 0.3) is 0 Å². The second kappa shape index (κ2) is 6.07. The van der Waals surface area contributed by atoms with E-state index < -0.39 is 0 Å². The highest BCUT2D eigenvalue weighted by Gasteiger charge is 2.35. The minimum absolute atomic E-state index is 0.220. The van der Waals surface area contributed by atoms with Crippen molar-refractivity contribution >= 4 is 5.91 Å². The number of hydrogen-bond acceptors (Lipinski definition) is 3. The number of likely N-dealkylation sites (tertiary alicyclic amines) is 2. The summed E-state index contributed by atoms with van der Waals surface area (Å²) in [5.74, 6) is 0.459. The van der Waals surface area contributed by atoms with Gasteiger partial charge in [-0.3, -0.25) is 4.79 Å². The van der Waals surface area contributed by atoms with Gasteiger partial charge in [0, 0.05) is 43.6 Å². The molecule has 0 aliphatic carbocycles. The Kier molecular flexibility index (Phi) is 4.44. The summed E-state index contributed by atoms with van der Waals surface area (Å²) in [5, 5.41) is 3.59. The molecule has 2 rings (SSSR count). The first kappa shape index (κ1) is 13.2. The maximum absolute atomic E-state index is 12.0. The molecule has 2 aliphatic heterocycles. The summed E-state index contributed by atoms with van der Waals surface area (Å²) in [6.07, 6.45) is 2.70. The summed E-state index contributed by atoms with van der Waals surface area (Å²) in [6.45, 7) is 6.68. The minimum Gasteiger partial charge on any atom is -0.339 e. The number of hydrogen-bond donors (Lipinski definition) is 0. The molecular weight excluding hydrogens is 230 g/mol.